The fourth-order valence-corrected chi connectivity index (χ4v) is 5.32. The highest BCUT2D eigenvalue weighted by Crippen LogP contribution is 2.36. The van der Waals surface area contributed by atoms with E-state index in [0.29, 0.717) is 12.8 Å². The molecular formula is C43H71O8P. The summed E-state index contributed by atoms with van der Waals surface area (Å²) in [5.74, 6) is -0.947. The van der Waals surface area contributed by atoms with Crippen LogP contribution in [-0.4, -0.2) is 41.0 Å². The Bertz CT molecular complexity index is 1110. The second-order valence-electron chi connectivity index (χ2n) is 12.9. The highest BCUT2D eigenvalue weighted by atomic mass is 31.2. The van der Waals surface area contributed by atoms with Crippen LogP contribution in [0.25, 0.3) is 0 Å². The van der Waals surface area contributed by atoms with E-state index >= 15 is 0 Å². The van der Waals surface area contributed by atoms with Crippen molar-refractivity contribution in [3.8, 4) is 0 Å². The van der Waals surface area contributed by atoms with Crippen LogP contribution in [0.1, 0.15) is 155 Å². The zero-order valence-corrected chi connectivity index (χ0v) is 33.3. The van der Waals surface area contributed by atoms with Crippen LogP contribution >= 0.6 is 7.82 Å². The quantitative estimate of drug-likeness (QED) is 0.0285. The first-order chi connectivity index (χ1) is 25.3. The molecule has 9 heteroatoms. The van der Waals surface area contributed by atoms with Crippen LogP contribution < -0.4 is 0 Å². The number of esters is 2. The average Bonchev–Trinajstić information content (AvgIpc) is 3.11. The van der Waals surface area contributed by atoms with E-state index in [4.69, 9.17) is 19.3 Å². The van der Waals surface area contributed by atoms with Gasteiger partial charge in [0.2, 0.25) is 0 Å². The molecule has 8 nitrogen and oxygen atoms in total. The van der Waals surface area contributed by atoms with E-state index in [1.165, 1.54) is 25.7 Å². The van der Waals surface area contributed by atoms with Crippen molar-refractivity contribution < 1.29 is 37.9 Å². The summed E-state index contributed by atoms with van der Waals surface area (Å²) >= 11 is 0. The van der Waals surface area contributed by atoms with Crippen LogP contribution in [0.15, 0.2) is 85.1 Å². The van der Waals surface area contributed by atoms with Gasteiger partial charge in [-0.3, -0.25) is 14.1 Å². The SMILES string of the molecule is CC/C=C\C/C=C\C/C=C\C/C=C\CCCCCCC(=O)OC[C@H](COP(=O)(O)O)OC(=O)CCCCCC/C=C\C/C=C\C/C=C\CCCCC. The molecule has 0 aromatic carbocycles. The van der Waals surface area contributed by atoms with E-state index in [1.807, 2.05) is 0 Å². The van der Waals surface area contributed by atoms with E-state index in [9.17, 15) is 14.2 Å². The molecule has 0 heterocycles. The lowest BCUT2D eigenvalue weighted by atomic mass is 10.1. The van der Waals surface area contributed by atoms with Crippen LogP contribution in [0.4, 0.5) is 0 Å². The maximum absolute atomic E-state index is 12.4. The first kappa shape index (κ1) is 49.2. The number of unbranched alkanes of at least 4 members (excludes halogenated alkanes) is 11. The molecule has 0 saturated carbocycles. The zero-order valence-electron chi connectivity index (χ0n) is 32.4. The van der Waals surface area contributed by atoms with E-state index in [0.717, 1.165) is 89.9 Å². The van der Waals surface area contributed by atoms with Gasteiger partial charge in [-0.1, -0.05) is 137 Å². The summed E-state index contributed by atoms with van der Waals surface area (Å²) in [6.45, 7) is 3.49. The molecule has 0 aliphatic rings. The molecular weight excluding hydrogens is 675 g/mol. The van der Waals surface area contributed by atoms with Crippen LogP contribution in [-0.2, 0) is 28.2 Å². The highest BCUT2D eigenvalue weighted by Gasteiger charge is 2.22. The van der Waals surface area contributed by atoms with Crippen molar-refractivity contribution in [3.63, 3.8) is 0 Å². The van der Waals surface area contributed by atoms with Crippen LogP contribution in [0.3, 0.4) is 0 Å². The monoisotopic (exact) mass is 746 g/mol. The van der Waals surface area contributed by atoms with Crippen molar-refractivity contribution in [1.82, 2.24) is 0 Å². The van der Waals surface area contributed by atoms with Gasteiger partial charge >= 0.3 is 19.8 Å². The normalized spacial score (nSPS) is 13.4. The molecule has 2 N–H and O–H groups in total. The summed E-state index contributed by atoms with van der Waals surface area (Å²) in [7, 11) is -4.77. The van der Waals surface area contributed by atoms with E-state index < -0.39 is 32.5 Å². The molecule has 0 bridgehead atoms. The Morgan fingerprint density at radius 1 is 0.519 bits per heavy atom. The van der Waals surface area contributed by atoms with Crippen molar-refractivity contribution in [1.29, 1.82) is 0 Å². The number of carbonyl (C=O) groups excluding carboxylic acids is 2. The summed E-state index contributed by atoms with van der Waals surface area (Å²) in [5, 5.41) is 0. The summed E-state index contributed by atoms with van der Waals surface area (Å²) in [4.78, 5) is 42.8. The number of ether oxygens (including phenoxy) is 2. The number of carbonyl (C=O) groups is 2. The summed E-state index contributed by atoms with van der Waals surface area (Å²) < 4.78 is 26.3. The topological polar surface area (TPSA) is 119 Å². The third-order valence-electron chi connectivity index (χ3n) is 7.90. The van der Waals surface area contributed by atoms with Crippen molar-refractivity contribution in [2.75, 3.05) is 13.2 Å². The molecule has 0 fully saturated rings. The molecule has 296 valence electrons. The minimum absolute atomic E-state index is 0.176. The Morgan fingerprint density at radius 2 is 0.923 bits per heavy atom. The van der Waals surface area contributed by atoms with Gasteiger partial charge in [0, 0.05) is 12.8 Å². The first-order valence-corrected chi connectivity index (χ1v) is 21.4. The van der Waals surface area contributed by atoms with Crippen molar-refractivity contribution in [2.45, 2.75) is 161 Å². The number of hydrogen-bond donors (Lipinski definition) is 2. The third kappa shape index (κ3) is 40.0. The second-order valence-corrected chi connectivity index (χ2v) is 14.1. The lowest BCUT2D eigenvalue weighted by molar-refractivity contribution is -0.161. The Labute approximate surface area is 316 Å². The summed E-state index contributed by atoms with van der Waals surface area (Å²) in [6.07, 6.45) is 50.1. The number of phosphoric ester groups is 1. The van der Waals surface area contributed by atoms with Gasteiger partial charge in [-0.25, -0.2) is 4.57 Å². The molecule has 1 atom stereocenters. The number of hydrogen-bond acceptors (Lipinski definition) is 6. The minimum Gasteiger partial charge on any atom is -0.462 e. The lowest BCUT2D eigenvalue weighted by Crippen LogP contribution is -2.29. The predicted octanol–water partition coefficient (Wildman–Crippen LogP) is 12.1. The molecule has 0 aromatic rings. The van der Waals surface area contributed by atoms with Crippen LogP contribution in [0.5, 0.6) is 0 Å². The molecule has 0 aliphatic carbocycles. The maximum atomic E-state index is 12.4. The Hall–Kier alpha value is -2.77. The summed E-state index contributed by atoms with van der Waals surface area (Å²) in [5.41, 5.74) is 0. The molecule has 0 saturated heterocycles. The van der Waals surface area contributed by atoms with Gasteiger partial charge in [0.05, 0.1) is 6.61 Å². The average molecular weight is 747 g/mol. The van der Waals surface area contributed by atoms with Gasteiger partial charge in [0.1, 0.15) is 6.61 Å². The molecule has 0 spiro atoms. The number of rotatable bonds is 35. The van der Waals surface area contributed by atoms with Crippen molar-refractivity contribution >= 4 is 19.8 Å². The van der Waals surface area contributed by atoms with Gasteiger partial charge in [0.25, 0.3) is 0 Å². The molecule has 52 heavy (non-hydrogen) atoms. The molecule has 0 unspecified atom stereocenters. The van der Waals surface area contributed by atoms with E-state index in [2.05, 4.69) is 103 Å². The highest BCUT2D eigenvalue weighted by molar-refractivity contribution is 7.46. The smallest absolute Gasteiger partial charge is 0.462 e. The summed E-state index contributed by atoms with van der Waals surface area (Å²) in [6, 6.07) is 0. The number of phosphoric acid groups is 1. The number of allylic oxidation sites excluding steroid dienone is 14. The third-order valence-corrected chi connectivity index (χ3v) is 8.38. The Balaban J connectivity index is 4.06. The van der Waals surface area contributed by atoms with E-state index in [1.54, 1.807) is 0 Å². The molecule has 0 radical (unpaired) electrons. The second kappa shape index (κ2) is 38.0. The van der Waals surface area contributed by atoms with Crippen LogP contribution in [0, 0.1) is 0 Å². The molecule has 0 amide bonds. The largest absolute Gasteiger partial charge is 0.469 e. The predicted molar refractivity (Wildman–Crippen MR) is 216 cm³/mol. The maximum Gasteiger partial charge on any atom is 0.469 e. The first-order valence-electron chi connectivity index (χ1n) is 19.9. The standard InChI is InChI=1S/C43H71O8P/c1-3-5-7-9-11-13-15-17-19-21-23-25-27-29-31-33-35-37-42(44)49-39-41(40-50-52(46,47)48)51-43(45)38-36-34-32-30-28-26-24-22-20-18-16-14-12-10-8-6-4-2/h5,7,11-14,17-20,23-26,41H,3-4,6,8-10,15-16,21-22,27-40H2,1-2H3,(H2,46,47,48)/b7-5-,13-11-,14-12-,19-17-,20-18-,25-23-,26-24-/t41-/m1/s1. The fourth-order valence-electron chi connectivity index (χ4n) is 4.96. The Kier molecular flexibility index (Phi) is 35.9. The van der Waals surface area contributed by atoms with Gasteiger partial charge in [-0.2, -0.15) is 0 Å². The van der Waals surface area contributed by atoms with E-state index in [-0.39, 0.29) is 19.4 Å². The van der Waals surface area contributed by atoms with Gasteiger partial charge < -0.3 is 19.3 Å². The lowest BCUT2D eigenvalue weighted by Gasteiger charge is -2.18. The minimum atomic E-state index is -4.77. The Morgan fingerprint density at radius 3 is 1.37 bits per heavy atom. The van der Waals surface area contributed by atoms with Crippen LogP contribution in [0.2, 0.25) is 0 Å². The van der Waals surface area contributed by atoms with Crippen molar-refractivity contribution in [3.05, 3.63) is 85.1 Å². The van der Waals surface area contributed by atoms with Gasteiger partial charge in [0.15, 0.2) is 6.10 Å². The van der Waals surface area contributed by atoms with Gasteiger partial charge in [-0.15, -0.1) is 0 Å². The molecule has 0 aromatic heterocycles. The van der Waals surface area contributed by atoms with Crippen molar-refractivity contribution in [2.24, 2.45) is 0 Å². The molecule has 0 rings (SSSR count). The van der Waals surface area contributed by atoms with Gasteiger partial charge in [-0.05, 0) is 89.9 Å². The molecule has 0 aliphatic heterocycles. The zero-order chi connectivity index (χ0) is 38.2. The fraction of sp³-hybridized carbons (Fsp3) is 0.628.